The van der Waals surface area contributed by atoms with Crippen LogP contribution in [0.25, 0.3) is 6.08 Å². The maximum Gasteiger partial charge on any atom is 0.430 e. The van der Waals surface area contributed by atoms with Crippen molar-refractivity contribution in [2.24, 2.45) is 0 Å². The number of aryl methyl sites for hydroxylation is 2. The van der Waals surface area contributed by atoms with Crippen LogP contribution < -0.4 is 4.74 Å². The molecule has 0 fully saturated rings. The van der Waals surface area contributed by atoms with Gasteiger partial charge in [-0.05, 0) is 31.6 Å². The number of carbonyl (C=O) groups is 2. The smallest absolute Gasteiger partial charge is 0.430 e. The van der Waals surface area contributed by atoms with Crippen LogP contribution in [0.15, 0.2) is 17.7 Å². The molecule has 1 aromatic carbocycles. The normalized spacial score (nSPS) is 16.6. The molecule has 0 aliphatic carbocycles. The molecule has 0 aromatic heterocycles. The zero-order valence-electron chi connectivity index (χ0n) is 15.4. The van der Waals surface area contributed by atoms with Crippen LogP contribution in [0.3, 0.4) is 0 Å². The van der Waals surface area contributed by atoms with Gasteiger partial charge in [-0.25, -0.2) is 9.59 Å². The van der Waals surface area contributed by atoms with Crippen molar-refractivity contribution >= 4 is 18.0 Å². The van der Waals surface area contributed by atoms with Crippen molar-refractivity contribution in [3.8, 4) is 5.75 Å². The molecule has 1 unspecified atom stereocenters. The Morgan fingerprint density at radius 1 is 1.28 bits per heavy atom. The highest BCUT2D eigenvalue weighted by molar-refractivity contribution is 5.96. The maximum atomic E-state index is 13.4. The number of rotatable bonds is 6. The summed E-state index contributed by atoms with van der Waals surface area (Å²) in [5.74, 6) is -2.68. The average Bonchev–Trinajstić information content (AvgIpc) is 2.57. The van der Waals surface area contributed by atoms with Gasteiger partial charge in [-0.1, -0.05) is 11.6 Å². The molecule has 0 amide bonds. The van der Waals surface area contributed by atoms with Gasteiger partial charge in [-0.15, -0.1) is 10.1 Å². The molecule has 12 heteroatoms. The summed E-state index contributed by atoms with van der Waals surface area (Å²) < 4.78 is 54.6. The summed E-state index contributed by atoms with van der Waals surface area (Å²) in [7, 11) is 0. The summed E-state index contributed by atoms with van der Waals surface area (Å²) >= 11 is 0. The Morgan fingerprint density at radius 3 is 2.52 bits per heavy atom. The molecule has 0 N–H and O–H groups in total. The third-order valence-electron chi connectivity index (χ3n) is 3.67. The van der Waals surface area contributed by atoms with Crippen molar-refractivity contribution in [3.05, 3.63) is 44.5 Å². The lowest BCUT2D eigenvalue weighted by molar-refractivity contribution is -0.754. The number of hydrogen-bond donors (Lipinski definition) is 0. The lowest BCUT2D eigenvalue weighted by Gasteiger charge is -2.29. The highest BCUT2D eigenvalue weighted by Crippen LogP contribution is 2.39. The van der Waals surface area contributed by atoms with E-state index in [1.165, 1.54) is 0 Å². The van der Waals surface area contributed by atoms with Gasteiger partial charge in [0.2, 0.25) is 12.4 Å². The van der Waals surface area contributed by atoms with Crippen LogP contribution in [0.1, 0.15) is 23.6 Å². The summed E-state index contributed by atoms with van der Waals surface area (Å²) in [6.07, 6.45) is -8.12. The van der Waals surface area contributed by atoms with Crippen LogP contribution >= 0.6 is 0 Å². The van der Waals surface area contributed by atoms with Crippen LogP contribution in [-0.2, 0) is 23.9 Å². The number of fused-ring (bicyclic) bond motifs is 1. The molecule has 2 rings (SSSR count). The van der Waals surface area contributed by atoms with Gasteiger partial charge in [0.05, 0.1) is 5.57 Å². The molecule has 1 aliphatic rings. The van der Waals surface area contributed by atoms with E-state index in [9.17, 15) is 32.9 Å². The minimum atomic E-state index is -4.92. The Balaban J connectivity index is 2.22. The predicted molar refractivity (Wildman–Crippen MR) is 89.0 cm³/mol. The van der Waals surface area contributed by atoms with Gasteiger partial charge in [0.25, 0.3) is 5.09 Å². The molecule has 158 valence electrons. The second-order valence-electron chi connectivity index (χ2n) is 6.10. The van der Waals surface area contributed by atoms with Gasteiger partial charge in [0, 0.05) is 12.5 Å². The SMILES string of the molecule is Cc1cc(C)c2c(c1)C=C(C(=O)OC(C)OC(=O)CO[N+](=O)[O-])[C@@H](C(F)(F)F)O2. The van der Waals surface area contributed by atoms with E-state index in [1.807, 2.05) is 0 Å². The molecular formula is C17H16F3NO8. The van der Waals surface area contributed by atoms with Gasteiger partial charge in [-0.2, -0.15) is 13.2 Å². The Hall–Kier alpha value is -3.31. The molecule has 0 spiro atoms. The molecule has 9 nitrogen and oxygen atoms in total. The van der Waals surface area contributed by atoms with Crippen molar-refractivity contribution in [1.82, 2.24) is 0 Å². The Bertz CT molecular complexity index is 865. The largest absolute Gasteiger partial charge is 0.475 e. The fourth-order valence-corrected chi connectivity index (χ4v) is 2.66. The number of hydrogen-bond acceptors (Lipinski definition) is 8. The van der Waals surface area contributed by atoms with Gasteiger partial charge in [-0.3, -0.25) is 0 Å². The molecule has 1 aromatic rings. The van der Waals surface area contributed by atoms with Crippen molar-refractivity contribution in [2.75, 3.05) is 6.61 Å². The first-order valence-electron chi connectivity index (χ1n) is 8.12. The highest BCUT2D eigenvalue weighted by Gasteiger charge is 2.49. The molecule has 0 saturated carbocycles. The summed E-state index contributed by atoms with van der Waals surface area (Å²) in [5.41, 5.74) is 0.636. The third kappa shape index (κ3) is 5.59. The summed E-state index contributed by atoms with van der Waals surface area (Å²) in [6, 6.07) is 3.18. The first kappa shape index (κ1) is 22.0. The predicted octanol–water partition coefficient (Wildman–Crippen LogP) is 2.65. The van der Waals surface area contributed by atoms with E-state index in [0.717, 1.165) is 18.6 Å². The van der Waals surface area contributed by atoms with Crippen LogP contribution in [0.4, 0.5) is 13.2 Å². The minimum Gasteiger partial charge on any atom is -0.475 e. The van der Waals surface area contributed by atoms with Gasteiger partial charge >= 0.3 is 18.1 Å². The van der Waals surface area contributed by atoms with Crippen molar-refractivity contribution < 1.29 is 46.9 Å². The number of alkyl halides is 3. The van der Waals surface area contributed by atoms with Crippen LogP contribution in [0, 0.1) is 24.0 Å². The maximum absolute atomic E-state index is 13.4. The van der Waals surface area contributed by atoms with E-state index in [2.05, 4.69) is 9.57 Å². The second kappa shape index (κ2) is 8.37. The lowest BCUT2D eigenvalue weighted by atomic mass is 9.97. The molecular weight excluding hydrogens is 403 g/mol. The van der Waals surface area contributed by atoms with Gasteiger partial charge < -0.3 is 19.0 Å². The second-order valence-corrected chi connectivity index (χ2v) is 6.10. The number of carbonyl (C=O) groups excluding carboxylic acids is 2. The zero-order valence-corrected chi connectivity index (χ0v) is 15.4. The van der Waals surface area contributed by atoms with E-state index in [4.69, 9.17) is 9.47 Å². The number of ether oxygens (including phenoxy) is 3. The topological polar surface area (TPSA) is 114 Å². The first-order valence-corrected chi connectivity index (χ1v) is 8.12. The lowest BCUT2D eigenvalue weighted by Crippen LogP contribution is -2.41. The number of halogens is 3. The summed E-state index contributed by atoms with van der Waals surface area (Å²) in [5, 5.41) is 8.78. The van der Waals surface area contributed by atoms with E-state index in [1.54, 1.807) is 26.0 Å². The van der Waals surface area contributed by atoms with E-state index >= 15 is 0 Å². The Labute approximate surface area is 162 Å². The monoisotopic (exact) mass is 419 g/mol. The highest BCUT2D eigenvalue weighted by atomic mass is 19.4. The Morgan fingerprint density at radius 2 is 1.93 bits per heavy atom. The minimum absolute atomic E-state index is 0.00844. The number of nitrogens with zero attached hydrogens (tertiary/aromatic N) is 1. The molecule has 0 bridgehead atoms. The van der Waals surface area contributed by atoms with E-state index in [0.29, 0.717) is 5.56 Å². The summed E-state index contributed by atoms with van der Waals surface area (Å²) in [4.78, 5) is 37.4. The van der Waals surface area contributed by atoms with Crippen molar-refractivity contribution in [2.45, 2.75) is 39.3 Å². The van der Waals surface area contributed by atoms with Gasteiger partial charge in [0.1, 0.15) is 5.75 Å². The standard InChI is InChI=1S/C17H16F3NO8/c1-8-4-9(2)14-11(5-8)6-12(15(29-14)17(18,19)20)16(23)28-10(3)27-13(22)7-26-21(24)25/h4-6,10,15H,7H2,1-3H3/t10?,15-/m0/s1. The van der Waals surface area contributed by atoms with Gasteiger partial charge in [0.15, 0.2) is 6.61 Å². The molecule has 1 heterocycles. The first-order chi connectivity index (χ1) is 13.4. The van der Waals surface area contributed by atoms with Crippen LogP contribution in [0.2, 0.25) is 0 Å². The molecule has 0 radical (unpaired) electrons. The molecule has 29 heavy (non-hydrogen) atoms. The molecule has 2 atom stereocenters. The van der Waals surface area contributed by atoms with Crippen molar-refractivity contribution in [1.29, 1.82) is 0 Å². The molecule has 1 aliphatic heterocycles. The fourth-order valence-electron chi connectivity index (χ4n) is 2.66. The van der Waals surface area contributed by atoms with E-state index < -0.39 is 47.8 Å². The van der Waals surface area contributed by atoms with Crippen LogP contribution in [0.5, 0.6) is 5.75 Å². The fraction of sp³-hybridized carbons (Fsp3) is 0.412. The third-order valence-corrected chi connectivity index (χ3v) is 3.67. The van der Waals surface area contributed by atoms with Crippen LogP contribution in [-0.4, -0.2) is 42.2 Å². The average molecular weight is 419 g/mol. The molecule has 0 saturated heterocycles. The number of esters is 2. The zero-order chi connectivity index (χ0) is 21.9. The number of benzene rings is 1. The summed E-state index contributed by atoms with van der Waals surface area (Å²) in [6.45, 7) is 3.28. The van der Waals surface area contributed by atoms with E-state index in [-0.39, 0.29) is 11.3 Å². The Kier molecular flexibility index (Phi) is 6.34. The van der Waals surface area contributed by atoms with Crippen molar-refractivity contribution in [3.63, 3.8) is 0 Å². The quantitative estimate of drug-likeness (QED) is 0.299.